The summed E-state index contributed by atoms with van der Waals surface area (Å²) in [6.45, 7) is 8.17. The Hall–Kier alpha value is -4.14. The van der Waals surface area contributed by atoms with Gasteiger partial charge < -0.3 is 25.3 Å². The minimum Gasteiger partial charge on any atom is -0.425 e. The molecule has 1 unspecified atom stereocenters. The van der Waals surface area contributed by atoms with Crippen LogP contribution in [0, 0.1) is 5.41 Å². The molecule has 3 atom stereocenters. The number of amides is 3. The molecular weight excluding hydrogens is 508 g/mol. The quantitative estimate of drug-likeness (QED) is 0.306. The molecule has 2 aromatic carbocycles. The molecule has 0 spiro atoms. The molecular formula is C31H38N4O5. The van der Waals surface area contributed by atoms with Crippen molar-refractivity contribution in [3.63, 3.8) is 0 Å². The van der Waals surface area contributed by atoms with Gasteiger partial charge in [0.25, 0.3) is 11.8 Å². The van der Waals surface area contributed by atoms with Gasteiger partial charge >= 0.3 is 6.09 Å². The van der Waals surface area contributed by atoms with Gasteiger partial charge in [0.1, 0.15) is 11.7 Å². The molecule has 1 aliphatic rings. The summed E-state index contributed by atoms with van der Waals surface area (Å²) in [5.74, 6) is -1.77. The molecule has 3 aromatic rings. The van der Waals surface area contributed by atoms with Crippen molar-refractivity contribution in [1.29, 1.82) is 0 Å². The topological polar surface area (TPSA) is 121 Å². The van der Waals surface area contributed by atoms with Gasteiger partial charge in [-0.3, -0.25) is 14.4 Å². The zero-order valence-electron chi connectivity index (χ0n) is 23.5. The summed E-state index contributed by atoms with van der Waals surface area (Å²) >= 11 is 0. The Morgan fingerprint density at radius 2 is 1.75 bits per heavy atom. The highest BCUT2D eigenvalue weighted by molar-refractivity contribution is 6.38. The number of nitrogens with zero attached hydrogens (tertiary/aromatic N) is 1. The number of alkyl carbamates (subject to hydrolysis) is 1. The van der Waals surface area contributed by atoms with E-state index >= 15 is 0 Å². The van der Waals surface area contributed by atoms with Crippen molar-refractivity contribution < 1.29 is 23.9 Å². The number of aromatic amines is 1. The van der Waals surface area contributed by atoms with Crippen LogP contribution >= 0.6 is 0 Å². The Morgan fingerprint density at radius 3 is 2.45 bits per heavy atom. The van der Waals surface area contributed by atoms with Crippen LogP contribution in [0.3, 0.4) is 0 Å². The van der Waals surface area contributed by atoms with E-state index in [1.807, 2.05) is 75.4 Å². The molecule has 9 nitrogen and oxygen atoms in total. The number of ketones is 1. The fraction of sp³-hybridized carbons (Fsp3) is 0.419. The van der Waals surface area contributed by atoms with Crippen molar-refractivity contribution >= 4 is 34.6 Å². The lowest BCUT2D eigenvalue weighted by Crippen LogP contribution is -2.49. The normalized spacial score (nSPS) is 17.7. The lowest BCUT2D eigenvalue weighted by molar-refractivity contribution is -0.139. The maximum Gasteiger partial charge on any atom is 0.409 e. The first-order valence-electron chi connectivity index (χ1n) is 13.8. The molecule has 1 aromatic heterocycles. The Bertz CT molecular complexity index is 1330. The van der Waals surface area contributed by atoms with Gasteiger partial charge in [-0.15, -0.1) is 0 Å². The maximum absolute atomic E-state index is 13.5. The van der Waals surface area contributed by atoms with Gasteiger partial charge in [0.15, 0.2) is 6.23 Å². The van der Waals surface area contributed by atoms with Gasteiger partial charge in [-0.25, -0.2) is 4.79 Å². The first-order valence-corrected chi connectivity index (χ1v) is 13.8. The van der Waals surface area contributed by atoms with E-state index in [2.05, 4.69) is 15.6 Å². The van der Waals surface area contributed by atoms with Crippen molar-refractivity contribution in [1.82, 2.24) is 20.5 Å². The van der Waals surface area contributed by atoms with Gasteiger partial charge in [0, 0.05) is 23.9 Å². The van der Waals surface area contributed by atoms with Crippen LogP contribution in [0.15, 0.2) is 60.7 Å². The number of hydrogen-bond acceptors (Lipinski definition) is 5. The number of carbonyl (C=O) groups is 4. The minimum atomic E-state index is -1.04. The first-order chi connectivity index (χ1) is 19.1. The summed E-state index contributed by atoms with van der Waals surface area (Å²) in [5.41, 5.74) is 1.84. The second-order valence-corrected chi connectivity index (χ2v) is 11.2. The fourth-order valence-electron chi connectivity index (χ4n) is 5.09. The lowest BCUT2D eigenvalue weighted by atomic mass is 9.93. The van der Waals surface area contributed by atoms with Crippen LogP contribution in [-0.2, 0) is 14.3 Å². The molecule has 0 saturated carbocycles. The molecule has 3 N–H and O–H groups in total. The van der Waals surface area contributed by atoms with Gasteiger partial charge in [-0.1, -0.05) is 82.1 Å². The van der Waals surface area contributed by atoms with E-state index in [0.717, 1.165) is 22.9 Å². The Balaban J connectivity index is 1.43. The molecule has 212 valence electrons. The average molecular weight is 547 g/mol. The van der Waals surface area contributed by atoms with E-state index in [1.54, 1.807) is 17.9 Å². The number of nitrogens with one attached hydrogen (secondary N) is 3. The summed E-state index contributed by atoms with van der Waals surface area (Å²) in [4.78, 5) is 57.1. The van der Waals surface area contributed by atoms with Crippen LogP contribution in [0.25, 0.3) is 10.9 Å². The highest BCUT2D eigenvalue weighted by Gasteiger charge is 2.43. The summed E-state index contributed by atoms with van der Waals surface area (Å²) in [5, 5.41) is 6.24. The number of aromatic nitrogens is 1. The second-order valence-electron chi connectivity index (χ2n) is 11.2. The molecule has 2 heterocycles. The number of likely N-dealkylation sites (tertiary alicyclic amines) is 1. The fourth-order valence-corrected chi connectivity index (χ4v) is 5.09. The third kappa shape index (κ3) is 6.89. The van der Waals surface area contributed by atoms with Crippen molar-refractivity contribution in [2.24, 2.45) is 5.41 Å². The maximum atomic E-state index is 13.5. The molecule has 40 heavy (non-hydrogen) atoms. The minimum absolute atomic E-state index is 0.271. The number of carbonyl (C=O) groups excluding carboxylic acids is 4. The third-order valence-electron chi connectivity index (χ3n) is 7.26. The van der Waals surface area contributed by atoms with E-state index in [1.165, 1.54) is 0 Å². The van der Waals surface area contributed by atoms with Gasteiger partial charge in [-0.2, -0.15) is 0 Å². The van der Waals surface area contributed by atoms with E-state index < -0.39 is 30.1 Å². The molecule has 4 rings (SSSR count). The molecule has 0 bridgehead atoms. The van der Waals surface area contributed by atoms with Crippen LogP contribution in [0.1, 0.15) is 75.5 Å². The first kappa shape index (κ1) is 28.9. The number of rotatable bonds is 10. The van der Waals surface area contributed by atoms with Gasteiger partial charge in [0.05, 0.1) is 6.04 Å². The number of benzene rings is 2. The number of Topliss-reactive ketones (excluding diaryl/α,β-unsaturated/α-hetero) is 1. The number of unbranched alkanes of at least 4 members (excludes halogenated alkanes) is 1. The number of hydrogen-bond donors (Lipinski definition) is 3. The summed E-state index contributed by atoms with van der Waals surface area (Å²) in [7, 11) is 0. The molecule has 0 aliphatic carbocycles. The molecule has 1 fully saturated rings. The predicted octanol–water partition coefficient (Wildman–Crippen LogP) is 5.10. The summed E-state index contributed by atoms with van der Waals surface area (Å²) < 4.78 is 5.72. The smallest absolute Gasteiger partial charge is 0.409 e. The van der Waals surface area contributed by atoms with Crippen LogP contribution < -0.4 is 10.6 Å². The van der Waals surface area contributed by atoms with Crippen LogP contribution in [0.4, 0.5) is 4.79 Å². The summed E-state index contributed by atoms with van der Waals surface area (Å²) in [6, 6.07) is 17.3. The van der Waals surface area contributed by atoms with E-state index in [9.17, 15) is 19.2 Å². The standard InChI is InChI=1S/C31H38N4O5/c1-5-6-15-24(27(36)28(37)32-20(2)21-12-8-7-9-13-21)34-30(39)40-26-18-31(3,4)19-35(26)29(38)25-17-22-14-10-11-16-23(22)33-25/h7-14,16-17,20,24,26,33H,5-6,15,18-19H2,1-4H3,(H,32,37)(H,34,39)/t20-,24+,26?/m1/s1. The van der Waals surface area contributed by atoms with Gasteiger partial charge in [-0.05, 0) is 36.5 Å². The van der Waals surface area contributed by atoms with Crippen LogP contribution in [0.5, 0.6) is 0 Å². The van der Waals surface area contributed by atoms with Gasteiger partial charge in [0.2, 0.25) is 5.78 Å². The van der Waals surface area contributed by atoms with E-state index in [0.29, 0.717) is 31.5 Å². The lowest BCUT2D eigenvalue weighted by Gasteiger charge is -2.25. The predicted molar refractivity (Wildman–Crippen MR) is 152 cm³/mol. The van der Waals surface area contributed by atoms with Crippen molar-refractivity contribution in [2.75, 3.05) is 6.54 Å². The Labute approximate surface area is 234 Å². The van der Waals surface area contributed by atoms with Crippen molar-refractivity contribution in [3.8, 4) is 0 Å². The van der Waals surface area contributed by atoms with E-state index in [4.69, 9.17) is 4.74 Å². The molecule has 9 heteroatoms. The largest absolute Gasteiger partial charge is 0.425 e. The molecule has 0 radical (unpaired) electrons. The third-order valence-corrected chi connectivity index (χ3v) is 7.26. The summed E-state index contributed by atoms with van der Waals surface area (Å²) in [6.07, 6.45) is 0.505. The highest BCUT2D eigenvalue weighted by atomic mass is 16.6. The zero-order valence-corrected chi connectivity index (χ0v) is 23.5. The number of H-pyrrole nitrogens is 1. The molecule has 1 aliphatic heterocycles. The number of para-hydroxylation sites is 1. The number of fused-ring (bicyclic) bond motifs is 1. The molecule has 1 saturated heterocycles. The molecule has 3 amide bonds. The number of ether oxygens (including phenoxy) is 1. The van der Waals surface area contributed by atoms with E-state index in [-0.39, 0.29) is 17.4 Å². The highest BCUT2D eigenvalue weighted by Crippen LogP contribution is 2.35. The zero-order chi connectivity index (χ0) is 28.9. The second kappa shape index (κ2) is 12.4. The van der Waals surface area contributed by atoms with Crippen molar-refractivity contribution in [3.05, 3.63) is 71.9 Å². The van der Waals surface area contributed by atoms with Crippen LogP contribution in [-0.4, -0.2) is 52.4 Å². The SMILES string of the molecule is CCCC[C@H](NC(=O)OC1CC(C)(C)CN1C(=O)c1cc2ccccc2[nH]1)C(=O)C(=O)N[C@H](C)c1ccccc1. The van der Waals surface area contributed by atoms with Crippen molar-refractivity contribution in [2.45, 2.75) is 71.7 Å². The Kier molecular flexibility index (Phi) is 8.92. The average Bonchev–Trinajstić information content (AvgIpc) is 3.50. The Morgan fingerprint density at radius 1 is 1.05 bits per heavy atom. The monoisotopic (exact) mass is 546 g/mol. The van der Waals surface area contributed by atoms with Crippen LogP contribution in [0.2, 0.25) is 0 Å².